The van der Waals surface area contributed by atoms with Gasteiger partial charge in [0.25, 0.3) is 5.69 Å². The van der Waals surface area contributed by atoms with Crippen LogP contribution >= 0.6 is 0 Å². The Balaban J connectivity index is 1.09. The summed E-state index contributed by atoms with van der Waals surface area (Å²) in [5.74, 6) is 0.924. The monoisotopic (exact) mass is 825 g/mol. The number of benzene rings is 3. The molecular formula is C42H55N3O14. The first kappa shape index (κ1) is 44.7. The van der Waals surface area contributed by atoms with Crippen molar-refractivity contribution in [1.29, 1.82) is 0 Å². The Kier molecular flexibility index (Phi) is 17.2. The summed E-state index contributed by atoms with van der Waals surface area (Å²) in [6, 6.07) is 12.2. The number of nitrogens with zero attached hydrogens (tertiary/aromatic N) is 3. The number of carbonyl (C=O) groups excluding carboxylic acids is 2. The van der Waals surface area contributed by atoms with Crippen molar-refractivity contribution in [1.82, 2.24) is 9.80 Å². The summed E-state index contributed by atoms with van der Waals surface area (Å²) in [7, 11) is 5.95. The number of esters is 2. The molecule has 2 aliphatic heterocycles. The minimum atomic E-state index is -0.553. The van der Waals surface area contributed by atoms with Crippen LogP contribution in [0.4, 0.5) is 5.69 Å². The van der Waals surface area contributed by atoms with Crippen LogP contribution in [0.2, 0.25) is 0 Å². The number of rotatable bonds is 22. The highest BCUT2D eigenvalue weighted by Crippen LogP contribution is 2.40. The van der Waals surface area contributed by atoms with Crippen molar-refractivity contribution in [2.45, 2.75) is 50.9 Å². The first-order chi connectivity index (χ1) is 28.7. The van der Waals surface area contributed by atoms with E-state index in [0.29, 0.717) is 54.1 Å². The molecule has 3 aromatic carbocycles. The van der Waals surface area contributed by atoms with E-state index in [-0.39, 0.29) is 73.7 Å². The lowest BCUT2D eigenvalue weighted by Gasteiger charge is -2.21. The molecule has 2 unspecified atom stereocenters. The van der Waals surface area contributed by atoms with Crippen LogP contribution in [0.1, 0.15) is 58.4 Å². The third kappa shape index (κ3) is 12.8. The molecule has 3 aromatic rings. The van der Waals surface area contributed by atoms with Crippen LogP contribution < -0.4 is 28.4 Å². The van der Waals surface area contributed by atoms with E-state index in [1.807, 2.05) is 0 Å². The van der Waals surface area contributed by atoms with E-state index in [9.17, 15) is 24.8 Å². The number of non-ortho nitro benzene ring substituents is 1. The van der Waals surface area contributed by atoms with Crippen molar-refractivity contribution >= 4 is 17.6 Å². The van der Waals surface area contributed by atoms with Gasteiger partial charge >= 0.3 is 11.9 Å². The maximum atomic E-state index is 13.4. The number of methoxy groups -OCH3 is 4. The molecule has 0 bridgehead atoms. The van der Waals surface area contributed by atoms with Crippen LogP contribution in [0.3, 0.4) is 0 Å². The summed E-state index contributed by atoms with van der Waals surface area (Å²) in [5, 5.41) is 20.6. The van der Waals surface area contributed by atoms with Crippen LogP contribution in [-0.2, 0) is 20.8 Å². The molecule has 0 aromatic heterocycles. The van der Waals surface area contributed by atoms with Crippen molar-refractivity contribution in [2.75, 3.05) is 94.1 Å². The average Bonchev–Trinajstić information content (AvgIpc) is 3.61. The predicted molar refractivity (Wildman–Crippen MR) is 214 cm³/mol. The maximum Gasteiger partial charge on any atom is 0.338 e. The Hall–Kier alpha value is -5.36. The van der Waals surface area contributed by atoms with Gasteiger partial charge in [-0.2, -0.15) is 0 Å². The lowest BCUT2D eigenvalue weighted by molar-refractivity contribution is -0.384. The van der Waals surface area contributed by atoms with Gasteiger partial charge in [0, 0.05) is 38.3 Å². The Bertz CT molecular complexity index is 1820. The van der Waals surface area contributed by atoms with E-state index in [0.717, 1.165) is 45.7 Å². The van der Waals surface area contributed by atoms with Crippen molar-refractivity contribution in [3.8, 4) is 34.5 Å². The van der Waals surface area contributed by atoms with Gasteiger partial charge in [0.1, 0.15) is 13.2 Å². The van der Waals surface area contributed by atoms with Crippen LogP contribution in [0.5, 0.6) is 34.5 Å². The molecule has 5 rings (SSSR count). The quantitative estimate of drug-likeness (QED) is 0.0622. The second-order valence-electron chi connectivity index (χ2n) is 14.1. The van der Waals surface area contributed by atoms with Gasteiger partial charge in [-0.1, -0.05) is 0 Å². The first-order valence-corrected chi connectivity index (χ1v) is 19.7. The fourth-order valence-corrected chi connectivity index (χ4v) is 6.95. The molecule has 0 aliphatic carbocycles. The molecule has 1 N–H and O–H groups in total. The number of aliphatic hydroxyl groups excluding tert-OH is 1. The second-order valence-corrected chi connectivity index (χ2v) is 14.1. The number of aliphatic hydroxyl groups is 1. The fourth-order valence-electron chi connectivity index (χ4n) is 6.95. The Morgan fingerprint density at radius 1 is 0.729 bits per heavy atom. The highest BCUT2D eigenvalue weighted by atomic mass is 16.6. The van der Waals surface area contributed by atoms with Gasteiger partial charge in [0.2, 0.25) is 11.5 Å². The zero-order chi connectivity index (χ0) is 42.1. The number of nitro benzene ring substituents is 1. The molecule has 2 heterocycles. The Morgan fingerprint density at radius 2 is 1.24 bits per heavy atom. The molecular weight excluding hydrogens is 770 g/mol. The van der Waals surface area contributed by atoms with E-state index in [1.165, 1.54) is 46.6 Å². The molecule has 0 radical (unpaired) electrons. The number of carbonyl (C=O) groups is 2. The number of nitro groups is 1. The number of ether oxygens (including phenoxy) is 9. The highest BCUT2D eigenvalue weighted by molar-refractivity contribution is 5.91. The van der Waals surface area contributed by atoms with Crippen LogP contribution in [0, 0.1) is 10.1 Å². The van der Waals surface area contributed by atoms with Gasteiger partial charge in [-0.3, -0.25) is 10.1 Å². The smallest absolute Gasteiger partial charge is 0.338 e. The van der Waals surface area contributed by atoms with Crippen molar-refractivity contribution in [3.63, 3.8) is 0 Å². The van der Waals surface area contributed by atoms with Gasteiger partial charge in [0.15, 0.2) is 23.0 Å². The van der Waals surface area contributed by atoms with E-state index in [2.05, 4.69) is 9.80 Å². The highest BCUT2D eigenvalue weighted by Gasteiger charge is 2.27. The van der Waals surface area contributed by atoms with Crippen molar-refractivity contribution in [3.05, 3.63) is 75.3 Å². The van der Waals surface area contributed by atoms with Gasteiger partial charge in [-0.25, -0.2) is 9.59 Å². The largest absolute Gasteiger partial charge is 0.493 e. The minimum absolute atomic E-state index is 0.0367. The van der Waals surface area contributed by atoms with E-state index in [4.69, 9.17) is 42.6 Å². The maximum absolute atomic E-state index is 13.4. The van der Waals surface area contributed by atoms with Crippen molar-refractivity contribution in [2.24, 2.45) is 0 Å². The summed E-state index contributed by atoms with van der Waals surface area (Å²) >= 11 is 0. The Morgan fingerprint density at radius 3 is 1.73 bits per heavy atom. The number of hydrogen-bond acceptors (Lipinski definition) is 16. The molecule has 17 nitrogen and oxygen atoms in total. The summed E-state index contributed by atoms with van der Waals surface area (Å²) in [6.07, 6.45) is 3.25. The molecule has 322 valence electrons. The molecule has 0 saturated carbocycles. The minimum Gasteiger partial charge on any atom is -0.493 e. The molecule has 2 fully saturated rings. The van der Waals surface area contributed by atoms with Crippen LogP contribution in [-0.4, -0.2) is 138 Å². The second kappa shape index (κ2) is 22.7. The summed E-state index contributed by atoms with van der Waals surface area (Å²) in [4.78, 5) is 41.5. The predicted octanol–water partition coefficient (Wildman–Crippen LogP) is 4.93. The molecule has 59 heavy (non-hydrogen) atoms. The summed E-state index contributed by atoms with van der Waals surface area (Å²) < 4.78 is 50.9. The normalized spacial score (nSPS) is 17.1. The standard InChI is InChI=1S/C42H55N3O14/c1-51-35-22-30(23-36(52-2)39(35)53-3)41(47)55-20-6-16-43-14-5-15-44(19-18-43)17-7-21-56-42(48)31-24-37(57-27-29-8-10-32(11-9-29)45(49)50)40(54-4)38(25-31)58-28-34-13-12-33(26-46)59-34/h8-11,22-25,33-34,46H,5-7,12-21,26-28H2,1-4H3. The fraction of sp³-hybridized carbons (Fsp3) is 0.524. The summed E-state index contributed by atoms with van der Waals surface area (Å²) in [6.45, 7) is 5.74. The van der Waals surface area contributed by atoms with E-state index >= 15 is 0 Å². The zero-order valence-corrected chi connectivity index (χ0v) is 34.2. The summed E-state index contributed by atoms with van der Waals surface area (Å²) in [5.41, 5.74) is 1.16. The third-order valence-corrected chi connectivity index (χ3v) is 10.1. The van der Waals surface area contributed by atoms with Crippen molar-refractivity contribution < 1.29 is 62.3 Å². The molecule has 2 atom stereocenters. The average molecular weight is 826 g/mol. The first-order valence-electron chi connectivity index (χ1n) is 19.7. The SMILES string of the molecule is COc1cc(C(=O)OCCCN2CCCN(CCCOC(=O)c3cc(OCc4ccc([N+](=O)[O-])cc4)c(OC)c(OCC4CCC(CO)O4)c3)CC2)cc(OC)c1OC. The molecule has 2 saturated heterocycles. The van der Waals surface area contributed by atoms with Gasteiger partial charge in [-0.15, -0.1) is 0 Å². The van der Waals surface area contributed by atoms with Gasteiger partial charge in [-0.05, 0) is 87.2 Å². The molecule has 0 amide bonds. The van der Waals surface area contributed by atoms with Crippen LogP contribution in [0.15, 0.2) is 48.5 Å². The lowest BCUT2D eigenvalue weighted by Crippen LogP contribution is -2.32. The molecule has 2 aliphatic rings. The van der Waals surface area contributed by atoms with Gasteiger partial charge in [0.05, 0.1) is 76.5 Å². The zero-order valence-electron chi connectivity index (χ0n) is 34.2. The third-order valence-electron chi connectivity index (χ3n) is 10.1. The van der Waals surface area contributed by atoms with Gasteiger partial charge < -0.3 is 57.5 Å². The van der Waals surface area contributed by atoms with E-state index in [1.54, 1.807) is 30.3 Å². The molecule has 17 heteroatoms. The number of hydrogen-bond donors (Lipinski definition) is 1. The lowest BCUT2D eigenvalue weighted by atomic mass is 10.1. The van der Waals surface area contributed by atoms with Crippen LogP contribution in [0.25, 0.3) is 0 Å². The van der Waals surface area contributed by atoms with E-state index < -0.39 is 16.9 Å². The topological polar surface area (TPSA) is 187 Å². The molecule has 0 spiro atoms. The Labute approximate surface area is 344 Å².